The molecule has 1 atom stereocenters. The Hall–Kier alpha value is -1.35. The average molecular weight is 222 g/mol. The molecule has 0 spiro atoms. The van der Waals surface area contributed by atoms with Crippen LogP contribution in [0.5, 0.6) is 0 Å². The van der Waals surface area contributed by atoms with Crippen molar-refractivity contribution >= 4 is 5.97 Å². The second-order valence-electron chi connectivity index (χ2n) is 4.20. The van der Waals surface area contributed by atoms with Crippen LogP contribution in [-0.4, -0.2) is 17.7 Å². The number of hydrogen-bond acceptors (Lipinski definition) is 2. The lowest BCUT2D eigenvalue weighted by Gasteiger charge is -2.22. The van der Waals surface area contributed by atoms with E-state index in [4.69, 9.17) is 9.84 Å². The van der Waals surface area contributed by atoms with Gasteiger partial charge in [0.05, 0.1) is 18.6 Å². The first-order valence-corrected chi connectivity index (χ1v) is 5.43. The Morgan fingerprint density at radius 2 is 2.00 bits per heavy atom. The van der Waals surface area contributed by atoms with E-state index < -0.39 is 11.4 Å². The Morgan fingerprint density at radius 1 is 1.38 bits per heavy atom. The van der Waals surface area contributed by atoms with Crippen molar-refractivity contribution in [3.05, 3.63) is 35.9 Å². The highest BCUT2D eigenvalue weighted by molar-refractivity contribution is 5.74. The molecule has 88 valence electrons. The van der Waals surface area contributed by atoms with Gasteiger partial charge in [-0.2, -0.15) is 0 Å². The Morgan fingerprint density at radius 3 is 2.50 bits per heavy atom. The Kier molecular flexibility index (Phi) is 4.50. The topological polar surface area (TPSA) is 46.5 Å². The third kappa shape index (κ3) is 3.35. The van der Waals surface area contributed by atoms with Crippen LogP contribution in [0, 0.1) is 5.41 Å². The summed E-state index contributed by atoms with van der Waals surface area (Å²) >= 11 is 0. The summed E-state index contributed by atoms with van der Waals surface area (Å²) in [6.45, 7) is 4.28. The van der Waals surface area contributed by atoms with E-state index in [9.17, 15) is 4.79 Å². The van der Waals surface area contributed by atoms with Gasteiger partial charge in [-0.05, 0) is 18.9 Å². The van der Waals surface area contributed by atoms with Crippen molar-refractivity contribution in [2.75, 3.05) is 6.61 Å². The van der Waals surface area contributed by atoms with Gasteiger partial charge in [-0.15, -0.1) is 0 Å². The molecule has 0 radical (unpaired) electrons. The SMILES string of the molecule is CCC(C)(COCc1ccccc1)C(=O)O. The molecule has 1 unspecified atom stereocenters. The highest BCUT2D eigenvalue weighted by Gasteiger charge is 2.31. The Labute approximate surface area is 96.1 Å². The van der Waals surface area contributed by atoms with Crippen molar-refractivity contribution in [2.45, 2.75) is 26.9 Å². The van der Waals surface area contributed by atoms with Gasteiger partial charge >= 0.3 is 5.97 Å². The molecule has 3 heteroatoms. The van der Waals surface area contributed by atoms with Crippen LogP contribution in [0.15, 0.2) is 30.3 Å². The molecule has 1 aromatic rings. The maximum atomic E-state index is 11.0. The minimum Gasteiger partial charge on any atom is -0.481 e. The van der Waals surface area contributed by atoms with Crippen LogP contribution in [0.25, 0.3) is 0 Å². The van der Waals surface area contributed by atoms with E-state index in [0.717, 1.165) is 5.56 Å². The van der Waals surface area contributed by atoms with Gasteiger partial charge in [-0.25, -0.2) is 0 Å². The largest absolute Gasteiger partial charge is 0.481 e. The first-order valence-electron chi connectivity index (χ1n) is 5.43. The summed E-state index contributed by atoms with van der Waals surface area (Å²) in [7, 11) is 0. The van der Waals surface area contributed by atoms with Crippen LogP contribution in [-0.2, 0) is 16.1 Å². The van der Waals surface area contributed by atoms with Gasteiger partial charge in [0.1, 0.15) is 0 Å². The lowest BCUT2D eigenvalue weighted by atomic mass is 9.89. The van der Waals surface area contributed by atoms with Crippen molar-refractivity contribution < 1.29 is 14.6 Å². The predicted octanol–water partition coefficient (Wildman–Crippen LogP) is 2.70. The smallest absolute Gasteiger partial charge is 0.311 e. The third-order valence-electron chi connectivity index (χ3n) is 2.83. The quantitative estimate of drug-likeness (QED) is 0.805. The van der Waals surface area contributed by atoms with Crippen molar-refractivity contribution in [2.24, 2.45) is 5.41 Å². The number of hydrogen-bond donors (Lipinski definition) is 1. The van der Waals surface area contributed by atoms with Crippen LogP contribution in [0.3, 0.4) is 0 Å². The fraction of sp³-hybridized carbons (Fsp3) is 0.462. The second kappa shape index (κ2) is 5.66. The number of carboxylic acids is 1. The Bertz CT molecular complexity index is 334. The number of carbonyl (C=O) groups is 1. The first kappa shape index (κ1) is 12.7. The molecular formula is C13H18O3. The molecule has 0 aliphatic heterocycles. The molecule has 0 saturated carbocycles. The maximum Gasteiger partial charge on any atom is 0.311 e. The van der Waals surface area contributed by atoms with Crippen molar-refractivity contribution in [3.8, 4) is 0 Å². The normalized spacial score (nSPS) is 14.4. The highest BCUT2D eigenvalue weighted by atomic mass is 16.5. The fourth-order valence-electron chi connectivity index (χ4n) is 1.28. The van der Waals surface area contributed by atoms with Gasteiger partial charge in [0.2, 0.25) is 0 Å². The van der Waals surface area contributed by atoms with Gasteiger partial charge in [-0.1, -0.05) is 37.3 Å². The van der Waals surface area contributed by atoms with Crippen molar-refractivity contribution in [3.63, 3.8) is 0 Å². The summed E-state index contributed by atoms with van der Waals surface area (Å²) in [6.07, 6.45) is 0.567. The number of aliphatic carboxylic acids is 1. The van der Waals surface area contributed by atoms with E-state index in [2.05, 4.69) is 0 Å². The fourth-order valence-corrected chi connectivity index (χ4v) is 1.28. The molecule has 0 aliphatic carbocycles. The highest BCUT2D eigenvalue weighted by Crippen LogP contribution is 2.22. The zero-order valence-corrected chi connectivity index (χ0v) is 9.77. The summed E-state index contributed by atoms with van der Waals surface area (Å²) in [4.78, 5) is 11.0. The van der Waals surface area contributed by atoms with Crippen LogP contribution >= 0.6 is 0 Å². The summed E-state index contributed by atoms with van der Waals surface area (Å²) < 4.78 is 5.46. The van der Waals surface area contributed by atoms with Crippen molar-refractivity contribution in [1.82, 2.24) is 0 Å². The molecule has 0 saturated heterocycles. The van der Waals surface area contributed by atoms with Gasteiger partial charge in [-0.3, -0.25) is 4.79 Å². The lowest BCUT2D eigenvalue weighted by molar-refractivity contribution is -0.152. The van der Waals surface area contributed by atoms with Gasteiger partial charge < -0.3 is 9.84 Å². The maximum absolute atomic E-state index is 11.0. The van der Waals surface area contributed by atoms with Gasteiger partial charge in [0, 0.05) is 0 Å². The van der Waals surface area contributed by atoms with Crippen molar-refractivity contribution in [1.29, 1.82) is 0 Å². The molecular weight excluding hydrogens is 204 g/mol. The van der Waals surface area contributed by atoms with E-state index in [1.54, 1.807) is 6.92 Å². The monoisotopic (exact) mass is 222 g/mol. The van der Waals surface area contributed by atoms with E-state index in [-0.39, 0.29) is 6.61 Å². The molecule has 1 aromatic carbocycles. The number of benzene rings is 1. The van der Waals surface area contributed by atoms with E-state index in [0.29, 0.717) is 13.0 Å². The first-order chi connectivity index (χ1) is 7.58. The standard InChI is InChI=1S/C13H18O3/c1-3-13(2,12(14)15)10-16-9-11-7-5-4-6-8-11/h4-8H,3,9-10H2,1-2H3,(H,14,15). The summed E-state index contributed by atoms with van der Waals surface area (Å²) in [6, 6.07) is 9.74. The molecule has 0 fully saturated rings. The van der Waals surface area contributed by atoms with Crippen LogP contribution < -0.4 is 0 Å². The van der Waals surface area contributed by atoms with Crippen LogP contribution in [0.1, 0.15) is 25.8 Å². The zero-order chi connectivity index (χ0) is 12.0. The van der Waals surface area contributed by atoms with Crippen LogP contribution in [0.4, 0.5) is 0 Å². The average Bonchev–Trinajstić information content (AvgIpc) is 2.30. The number of ether oxygens (including phenoxy) is 1. The molecule has 1 rings (SSSR count). The summed E-state index contributed by atoms with van der Waals surface area (Å²) in [5, 5.41) is 9.05. The van der Waals surface area contributed by atoms with E-state index in [1.165, 1.54) is 0 Å². The number of carboxylic acid groups (broad SMARTS) is 1. The van der Waals surface area contributed by atoms with Gasteiger partial charge in [0.25, 0.3) is 0 Å². The molecule has 0 aliphatic rings. The molecule has 0 amide bonds. The summed E-state index contributed by atoms with van der Waals surface area (Å²) in [5.74, 6) is -0.803. The van der Waals surface area contributed by atoms with E-state index in [1.807, 2.05) is 37.3 Å². The second-order valence-corrected chi connectivity index (χ2v) is 4.20. The van der Waals surface area contributed by atoms with E-state index >= 15 is 0 Å². The molecule has 16 heavy (non-hydrogen) atoms. The van der Waals surface area contributed by atoms with Crippen LogP contribution in [0.2, 0.25) is 0 Å². The molecule has 1 N–H and O–H groups in total. The number of rotatable bonds is 6. The molecule has 0 bridgehead atoms. The third-order valence-corrected chi connectivity index (χ3v) is 2.83. The molecule has 0 aromatic heterocycles. The summed E-state index contributed by atoms with van der Waals surface area (Å²) in [5.41, 5.74) is 0.278. The Balaban J connectivity index is 2.43. The minimum absolute atomic E-state index is 0.244. The predicted molar refractivity (Wildman–Crippen MR) is 62.1 cm³/mol. The minimum atomic E-state index is -0.803. The zero-order valence-electron chi connectivity index (χ0n) is 9.77. The molecule has 3 nitrogen and oxygen atoms in total. The van der Waals surface area contributed by atoms with Gasteiger partial charge in [0.15, 0.2) is 0 Å². The lowest BCUT2D eigenvalue weighted by Crippen LogP contribution is -2.31. The molecule has 0 heterocycles.